The lowest BCUT2D eigenvalue weighted by molar-refractivity contribution is 0.408. The summed E-state index contributed by atoms with van der Waals surface area (Å²) in [5.74, 6) is 0.280. The lowest BCUT2D eigenvalue weighted by atomic mass is 10.2. The Morgan fingerprint density at radius 1 is 1.58 bits per heavy atom. The third-order valence-electron chi connectivity index (χ3n) is 1.54. The van der Waals surface area contributed by atoms with Crippen molar-refractivity contribution in [3.8, 4) is 5.75 Å². The van der Waals surface area contributed by atoms with Crippen molar-refractivity contribution in [2.24, 2.45) is 5.73 Å². The second-order valence-electron chi connectivity index (χ2n) is 2.28. The van der Waals surface area contributed by atoms with Crippen molar-refractivity contribution in [1.82, 2.24) is 0 Å². The fourth-order valence-corrected chi connectivity index (χ4v) is 1.24. The van der Waals surface area contributed by atoms with Crippen LogP contribution in [0.15, 0.2) is 16.6 Å². The SMILES string of the molecule is COc1cc(Br)c(F)cc1CN. The summed E-state index contributed by atoms with van der Waals surface area (Å²) >= 11 is 3.05. The molecule has 0 aliphatic rings. The summed E-state index contributed by atoms with van der Waals surface area (Å²) in [7, 11) is 1.53. The predicted octanol–water partition coefficient (Wildman–Crippen LogP) is 2.06. The summed E-state index contributed by atoms with van der Waals surface area (Å²) in [4.78, 5) is 0. The number of hydrogen-bond donors (Lipinski definition) is 1. The van der Waals surface area contributed by atoms with E-state index in [4.69, 9.17) is 10.5 Å². The third kappa shape index (κ3) is 1.76. The molecule has 0 radical (unpaired) electrons. The van der Waals surface area contributed by atoms with Crippen LogP contribution in [0, 0.1) is 5.82 Å². The zero-order valence-corrected chi connectivity index (χ0v) is 8.19. The molecule has 0 spiro atoms. The molecule has 0 saturated heterocycles. The van der Waals surface area contributed by atoms with Gasteiger partial charge in [0, 0.05) is 12.1 Å². The molecule has 0 heterocycles. The first-order valence-electron chi connectivity index (χ1n) is 3.41. The van der Waals surface area contributed by atoms with Gasteiger partial charge in [-0.2, -0.15) is 0 Å². The molecule has 0 bridgehead atoms. The van der Waals surface area contributed by atoms with E-state index in [1.54, 1.807) is 6.07 Å². The Kier molecular flexibility index (Phi) is 3.05. The molecule has 1 rings (SSSR count). The molecule has 12 heavy (non-hydrogen) atoms. The van der Waals surface area contributed by atoms with Gasteiger partial charge in [0.15, 0.2) is 0 Å². The quantitative estimate of drug-likeness (QED) is 0.849. The van der Waals surface area contributed by atoms with Crippen molar-refractivity contribution in [2.45, 2.75) is 6.54 Å². The lowest BCUT2D eigenvalue weighted by Crippen LogP contribution is -2.00. The van der Waals surface area contributed by atoms with E-state index in [1.807, 2.05) is 0 Å². The molecule has 0 fully saturated rings. The van der Waals surface area contributed by atoms with Crippen molar-refractivity contribution in [3.05, 3.63) is 28.0 Å². The average molecular weight is 234 g/mol. The fourth-order valence-electron chi connectivity index (χ4n) is 0.919. The number of benzene rings is 1. The predicted molar refractivity (Wildman–Crippen MR) is 48.5 cm³/mol. The normalized spacial score (nSPS) is 10.0. The van der Waals surface area contributed by atoms with Crippen LogP contribution in [0.25, 0.3) is 0 Å². The van der Waals surface area contributed by atoms with E-state index >= 15 is 0 Å². The second-order valence-corrected chi connectivity index (χ2v) is 3.14. The van der Waals surface area contributed by atoms with Gasteiger partial charge in [-0.05, 0) is 28.1 Å². The van der Waals surface area contributed by atoms with Gasteiger partial charge in [0.25, 0.3) is 0 Å². The van der Waals surface area contributed by atoms with E-state index in [2.05, 4.69) is 15.9 Å². The minimum atomic E-state index is -0.323. The van der Waals surface area contributed by atoms with Crippen LogP contribution in [-0.2, 0) is 6.54 Å². The first-order valence-corrected chi connectivity index (χ1v) is 4.20. The second kappa shape index (κ2) is 3.87. The Hall–Kier alpha value is -0.610. The fraction of sp³-hybridized carbons (Fsp3) is 0.250. The van der Waals surface area contributed by atoms with Gasteiger partial charge < -0.3 is 10.5 Å². The largest absolute Gasteiger partial charge is 0.496 e. The van der Waals surface area contributed by atoms with Crippen molar-refractivity contribution < 1.29 is 9.13 Å². The molecule has 2 N–H and O–H groups in total. The molecule has 0 amide bonds. The van der Waals surface area contributed by atoms with Gasteiger partial charge in [0.05, 0.1) is 11.6 Å². The highest BCUT2D eigenvalue weighted by Crippen LogP contribution is 2.25. The summed E-state index contributed by atoms with van der Waals surface area (Å²) in [5, 5.41) is 0. The highest BCUT2D eigenvalue weighted by molar-refractivity contribution is 9.10. The molecule has 1 aromatic rings. The maximum Gasteiger partial charge on any atom is 0.137 e. The van der Waals surface area contributed by atoms with E-state index in [9.17, 15) is 4.39 Å². The van der Waals surface area contributed by atoms with Crippen LogP contribution in [-0.4, -0.2) is 7.11 Å². The van der Waals surface area contributed by atoms with Crippen LogP contribution in [0.3, 0.4) is 0 Å². The first-order chi connectivity index (χ1) is 5.69. The minimum Gasteiger partial charge on any atom is -0.496 e. The number of halogens is 2. The number of nitrogens with two attached hydrogens (primary N) is 1. The molecule has 0 aliphatic heterocycles. The van der Waals surface area contributed by atoms with Crippen LogP contribution in [0.1, 0.15) is 5.56 Å². The van der Waals surface area contributed by atoms with E-state index in [-0.39, 0.29) is 12.4 Å². The number of rotatable bonds is 2. The Morgan fingerprint density at radius 2 is 2.25 bits per heavy atom. The summed E-state index contributed by atoms with van der Waals surface area (Å²) in [6, 6.07) is 2.93. The third-order valence-corrected chi connectivity index (χ3v) is 2.15. The molecule has 0 saturated carbocycles. The summed E-state index contributed by atoms with van der Waals surface area (Å²) in [5.41, 5.74) is 6.05. The zero-order chi connectivity index (χ0) is 9.14. The van der Waals surface area contributed by atoms with Crippen LogP contribution in [0.5, 0.6) is 5.75 Å². The number of hydrogen-bond acceptors (Lipinski definition) is 2. The first kappa shape index (κ1) is 9.48. The molecule has 0 aliphatic carbocycles. The van der Waals surface area contributed by atoms with Crippen molar-refractivity contribution in [3.63, 3.8) is 0 Å². The average Bonchev–Trinajstić information content (AvgIpc) is 2.09. The van der Waals surface area contributed by atoms with Crippen molar-refractivity contribution >= 4 is 15.9 Å². The molecule has 66 valence electrons. The minimum absolute atomic E-state index is 0.271. The Balaban J connectivity index is 3.19. The van der Waals surface area contributed by atoms with Crippen LogP contribution in [0.4, 0.5) is 4.39 Å². The summed E-state index contributed by atoms with van der Waals surface area (Å²) < 4.78 is 18.3. The van der Waals surface area contributed by atoms with Crippen LogP contribution >= 0.6 is 15.9 Å². The van der Waals surface area contributed by atoms with Crippen LogP contribution in [0.2, 0.25) is 0 Å². The number of methoxy groups -OCH3 is 1. The Bertz CT molecular complexity index is 262. The molecule has 0 unspecified atom stereocenters. The molecule has 0 aromatic heterocycles. The van der Waals surface area contributed by atoms with Gasteiger partial charge in [-0.25, -0.2) is 4.39 Å². The number of ether oxygens (including phenoxy) is 1. The zero-order valence-electron chi connectivity index (χ0n) is 6.60. The van der Waals surface area contributed by atoms with Crippen molar-refractivity contribution in [1.29, 1.82) is 0 Å². The van der Waals surface area contributed by atoms with Gasteiger partial charge in [-0.1, -0.05) is 0 Å². The van der Waals surface area contributed by atoms with E-state index in [0.717, 1.165) is 0 Å². The van der Waals surface area contributed by atoms with Gasteiger partial charge in [0.2, 0.25) is 0 Å². The van der Waals surface area contributed by atoms with Gasteiger partial charge in [-0.3, -0.25) is 0 Å². The molecule has 0 atom stereocenters. The molecular weight excluding hydrogens is 225 g/mol. The van der Waals surface area contributed by atoms with E-state index < -0.39 is 0 Å². The molecule has 1 aromatic carbocycles. The maximum absolute atomic E-state index is 12.9. The van der Waals surface area contributed by atoms with E-state index in [0.29, 0.717) is 15.8 Å². The standard InChI is InChI=1S/C8H9BrFNO/c1-12-8-3-6(9)7(10)2-5(8)4-11/h2-3H,4,11H2,1H3. The van der Waals surface area contributed by atoms with Gasteiger partial charge in [0.1, 0.15) is 11.6 Å². The maximum atomic E-state index is 12.9. The summed E-state index contributed by atoms with van der Waals surface area (Å²) in [6.07, 6.45) is 0. The highest BCUT2D eigenvalue weighted by Gasteiger charge is 2.06. The highest BCUT2D eigenvalue weighted by atomic mass is 79.9. The van der Waals surface area contributed by atoms with E-state index in [1.165, 1.54) is 13.2 Å². The smallest absolute Gasteiger partial charge is 0.137 e. The molecular formula is C8H9BrFNO. The Morgan fingerprint density at radius 3 is 2.75 bits per heavy atom. The van der Waals surface area contributed by atoms with Gasteiger partial charge >= 0.3 is 0 Å². The lowest BCUT2D eigenvalue weighted by Gasteiger charge is -2.07. The Labute approximate surface area is 78.6 Å². The molecule has 4 heteroatoms. The van der Waals surface area contributed by atoms with Gasteiger partial charge in [-0.15, -0.1) is 0 Å². The monoisotopic (exact) mass is 233 g/mol. The van der Waals surface area contributed by atoms with Crippen molar-refractivity contribution in [2.75, 3.05) is 7.11 Å². The van der Waals surface area contributed by atoms with Crippen LogP contribution < -0.4 is 10.5 Å². The topological polar surface area (TPSA) is 35.2 Å². The summed E-state index contributed by atoms with van der Waals surface area (Å²) in [6.45, 7) is 0.271. The molecule has 2 nitrogen and oxygen atoms in total.